The maximum Gasteiger partial charge on any atom is 0.267 e. The summed E-state index contributed by atoms with van der Waals surface area (Å²) in [6, 6.07) is 1.69. The molecule has 1 aromatic heterocycles. The minimum Gasteiger partial charge on any atom is -0.350 e. The van der Waals surface area contributed by atoms with E-state index in [-0.39, 0.29) is 18.3 Å². The number of aromatic nitrogens is 1. The minimum absolute atomic E-state index is 0. The van der Waals surface area contributed by atoms with E-state index in [1.54, 1.807) is 16.8 Å². The van der Waals surface area contributed by atoms with Gasteiger partial charge in [0.25, 0.3) is 5.91 Å². The van der Waals surface area contributed by atoms with Gasteiger partial charge in [0.15, 0.2) is 0 Å². The van der Waals surface area contributed by atoms with Crippen LogP contribution in [0.5, 0.6) is 0 Å². The van der Waals surface area contributed by atoms with Gasteiger partial charge in [-0.15, -0.1) is 12.4 Å². The Hall–Kier alpha value is -0.710. The van der Waals surface area contributed by atoms with Crippen LogP contribution in [0.2, 0.25) is 5.02 Å². The molecule has 2 heterocycles. The number of carbonyl (C=O) groups excluding carboxylic acids is 1. The van der Waals surface area contributed by atoms with Gasteiger partial charge in [-0.25, -0.2) is 0 Å². The highest BCUT2D eigenvalue weighted by Crippen LogP contribution is 2.13. The van der Waals surface area contributed by atoms with Crippen molar-refractivity contribution in [2.75, 3.05) is 19.6 Å². The number of nitrogens with zero attached hydrogens (tertiary/aromatic N) is 1. The van der Waals surface area contributed by atoms with Crippen LogP contribution in [-0.4, -0.2) is 30.1 Å². The van der Waals surface area contributed by atoms with Gasteiger partial charge in [0, 0.05) is 19.8 Å². The number of amides is 1. The number of rotatable bonds is 3. The second-order valence-electron chi connectivity index (χ2n) is 4.58. The summed E-state index contributed by atoms with van der Waals surface area (Å²) in [6.45, 7) is 2.82. The van der Waals surface area contributed by atoms with E-state index in [4.69, 9.17) is 11.6 Å². The van der Waals surface area contributed by atoms with Gasteiger partial charge in [0.1, 0.15) is 5.69 Å². The molecular weight excluding hydrogens is 273 g/mol. The van der Waals surface area contributed by atoms with Crippen molar-refractivity contribution in [3.63, 3.8) is 0 Å². The van der Waals surface area contributed by atoms with Crippen molar-refractivity contribution in [1.29, 1.82) is 0 Å². The molecule has 1 fully saturated rings. The summed E-state index contributed by atoms with van der Waals surface area (Å²) < 4.78 is 1.75. The fourth-order valence-corrected chi connectivity index (χ4v) is 2.43. The second kappa shape index (κ2) is 7.02. The Balaban J connectivity index is 0.00000162. The van der Waals surface area contributed by atoms with Crippen LogP contribution in [-0.2, 0) is 7.05 Å². The molecule has 1 atom stereocenters. The van der Waals surface area contributed by atoms with Crippen molar-refractivity contribution in [3.05, 3.63) is 23.0 Å². The zero-order valence-corrected chi connectivity index (χ0v) is 12.0. The summed E-state index contributed by atoms with van der Waals surface area (Å²) in [5.74, 6) is 0.494. The number of carbonyl (C=O) groups is 1. The SMILES string of the molecule is Cl.Cn1cc(Cl)cc1C(=O)NCC1CCCNC1. The van der Waals surface area contributed by atoms with E-state index in [2.05, 4.69) is 10.6 Å². The first kappa shape index (κ1) is 15.3. The molecule has 4 nitrogen and oxygen atoms in total. The lowest BCUT2D eigenvalue weighted by atomic mass is 10.00. The van der Waals surface area contributed by atoms with E-state index in [1.807, 2.05) is 7.05 Å². The fraction of sp³-hybridized carbons (Fsp3) is 0.583. The van der Waals surface area contributed by atoms with Crippen molar-refractivity contribution in [2.24, 2.45) is 13.0 Å². The molecule has 0 aromatic carbocycles. The Labute approximate surface area is 118 Å². The Morgan fingerprint density at radius 2 is 2.44 bits per heavy atom. The van der Waals surface area contributed by atoms with Gasteiger partial charge < -0.3 is 15.2 Å². The van der Waals surface area contributed by atoms with Crippen LogP contribution in [0.4, 0.5) is 0 Å². The number of aryl methyl sites for hydroxylation is 1. The molecule has 0 bridgehead atoms. The summed E-state index contributed by atoms with van der Waals surface area (Å²) >= 11 is 5.85. The quantitative estimate of drug-likeness (QED) is 0.893. The first-order valence-electron chi connectivity index (χ1n) is 5.97. The van der Waals surface area contributed by atoms with Crippen molar-refractivity contribution in [1.82, 2.24) is 15.2 Å². The molecule has 0 spiro atoms. The Morgan fingerprint density at radius 3 is 3.00 bits per heavy atom. The number of halogens is 2. The summed E-state index contributed by atoms with van der Waals surface area (Å²) in [4.78, 5) is 11.9. The highest BCUT2D eigenvalue weighted by molar-refractivity contribution is 6.31. The highest BCUT2D eigenvalue weighted by atomic mass is 35.5. The van der Waals surface area contributed by atoms with Gasteiger partial charge in [-0.3, -0.25) is 4.79 Å². The summed E-state index contributed by atoms with van der Waals surface area (Å²) in [7, 11) is 1.82. The molecular formula is C12H19Cl2N3O. The van der Waals surface area contributed by atoms with Crippen molar-refractivity contribution < 1.29 is 4.79 Å². The third-order valence-corrected chi connectivity index (χ3v) is 3.36. The predicted octanol–water partition coefficient (Wildman–Crippen LogP) is 1.83. The molecule has 2 N–H and O–H groups in total. The maximum absolute atomic E-state index is 11.9. The molecule has 1 aromatic rings. The number of hydrogen-bond acceptors (Lipinski definition) is 2. The summed E-state index contributed by atoms with van der Waals surface area (Å²) in [5, 5.41) is 6.90. The van der Waals surface area contributed by atoms with E-state index >= 15 is 0 Å². The second-order valence-corrected chi connectivity index (χ2v) is 5.01. The van der Waals surface area contributed by atoms with Gasteiger partial charge in [-0.2, -0.15) is 0 Å². The molecule has 1 aliphatic rings. The average Bonchev–Trinajstić information content (AvgIpc) is 2.67. The highest BCUT2D eigenvalue weighted by Gasteiger charge is 2.16. The van der Waals surface area contributed by atoms with Crippen molar-refractivity contribution >= 4 is 29.9 Å². The maximum atomic E-state index is 11.9. The van der Waals surface area contributed by atoms with Crippen LogP contribution in [0.25, 0.3) is 0 Å². The van der Waals surface area contributed by atoms with Gasteiger partial charge >= 0.3 is 0 Å². The third kappa shape index (κ3) is 3.90. The van der Waals surface area contributed by atoms with Crippen molar-refractivity contribution in [3.8, 4) is 0 Å². The largest absolute Gasteiger partial charge is 0.350 e. The van der Waals surface area contributed by atoms with E-state index in [0.29, 0.717) is 16.6 Å². The lowest BCUT2D eigenvalue weighted by Gasteiger charge is -2.22. The van der Waals surface area contributed by atoms with E-state index in [0.717, 1.165) is 19.6 Å². The summed E-state index contributed by atoms with van der Waals surface area (Å²) in [6.07, 6.45) is 4.11. The van der Waals surface area contributed by atoms with Crippen LogP contribution in [0.1, 0.15) is 23.3 Å². The van der Waals surface area contributed by atoms with Crippen LogP contribution >= 0.6 is 24.0 Å². The molecule has 1 unspecified atom stereocenters. The monoisotopic (exact) mass is 291 g/mol. The lowest BCUT2D eigenvalue weighted by molar-refractivity contribution is 0.0936. The van der Waals surface area contributed by atoms with Gasteiger partial charge in [0.2, 0.25) is 0 Å². The Bertz CT molecular complexity index is 400. The van der Waals surface area contributed by atoms with Gasteiger partial charge in [0.05, 0.1) is 5.02 Å². The molecule has 0 radical (unpaired) electrons. The molecule has 0 saturated carbocycles. The van der Waals surface area contributed by atoms with Crippen LogP contribution in [0.3, 0.4) is 0 Å². The summed E-state index contributed by atoms with van der Waals surface area (Å²) in [5.41, 5.74) is 0.610. The van der Waals surface area contributed by atoms with E-state index in [9.17, 15) is 4.79 Å². The van der Waals surface area contributed by atoms with Crippen LogP contribution in [0.15, 0.2) is 12.3 Å². The molecule has 18 heavy (non-hydrogen) atoms. The molecule has 6 heteroatoms. The normalized spacial score (nSPS) is 19.1. The third-order valence-electron chi connectivity index (χ3n) is 3.15. The minimum atomic E-state index is -0.0510. The van der Waals surface area contributed by atoms with Crippen LogP contribution in [0, 0.1) is 5.92 Å². The zero-order chi connectivity index (χ0) is 12.3. The lowest BCUT2D eigenvalue weighted by Crippen LogP contribution is -2.38. The van der Waals surface area contributed by atoms with Crippen LogP contribution < -0.4 is 10.6 Å². The topological polar surface area (TPSA) is 46.1 Å². The molecule has 102 valence electrons. The molecule has 0 aliphatic carbocycles. The average molecular weight is 292 g/mol. The zero-order valence-electron chi connectivity index (χ0n) is 10.4. The standard InChI is InChI=1S/C12H18ClN3O.ClH/c1-16-8-10(13)5-11(16)12(17)15-7-9-3-2-4-14-6-9;/h5,8-9,14H,2-4,6-7H2,1H3,(H,15,17);1H. The first-order chi connectivity index (χ1) is 8.16. The molecule has 2 rings (SSSR count). The van der Waals surface area contributed by atoms with E-state index < -0.39 is 0 Å². The molecule has 1 saturated heterocycles. The Kier molecular flexibility index (Phi) is 5.99. The Morgan fingerprint density at radius 1 is 1.67 bits per heavy atom. The van der Waals surface area contributed by atoms with Gasteiger partial charge in [-0.1, -0.05) is 11.6 Å². The smallest absolute Gasteiger partial charge is 0.267 e. The number of piperidine rings is 1. The molecule has 1 amide bonds. The number of nitrogens with one attached hydrogen (secondary N) is 2. The van der Waals surface area contributed by atoms with E-state index in [1.165, 1.54) is 12.8 Å². The first-order valence-corrected chi connectivity index (χ1v) is 6.35. The predicted molar refractivity (Wildman–Crippen MR) is 75.6 cm³/mol. The van der Waals surface area contributed by atoms with Gasteiger partial charge in [-0.05, 0) is 37.9 Å². The number of hydrogen-bond donors (Lipinski definition) is 2. The molecule has 1 aliphatic heterocycles. The fourth-order valence-electron chi connectivity index (χ4n) is 2.18. The van der Waals surface area contributed by atoms with Crippen molar-refractivity contribution in [2.45, 2.75) is 12.8 Å².